The van der Waals surface area contributed by atoms with E-state index in [-0.39, 0.29) is 11.6 Å². The quantitative estimate of drug-likeness (QED) is 0.553. The molecule has 0 saturated heterocycles. The lowest BCUT2D eigenvalue weighted by atomic mass is 10.1. The van der Waals surface area contributed by atoms with Crippen molar-refractivity contribution in [3.05, 3.63) is 69.2 Å². The molecule has 0 aliphatic rings. The standard InChI is InChI=1S/C16H11BrN4O2/c17-12-6-4-10(5-7-12)14-9-15(20-16(18)19-14)11-2-1-3-13(8-11)21(22)23/h1-9H,(H2,18,19,20). The predicted octanol–water partition coefficient (Wildman–Crippen LogP) is 4.06. The summed E-state index contributed by atoms with van der Waals surface area (Å²) in [6.07, 6.45) is 0. The van der Waals surface area contributed by atoms with Crippen LogP contribution in [0.4, 0.5) is 11.6 Å². The first kappa shape index (κ1) is 15.1. The molecule has 0 saturated carbocycles. The molecule has 2 N–H and O–H groups in total. The molecule has 0 fully saturated rings. The molecule has 0 unspecified atom stereocenters. The number of benzene rings is 2. The van der Waals surface area contributed by atoms with Crippen LogP contribution in [-0.4, -0.2) is 14.9 Å². The Bertz CT molecular complexity index is 882. The third-order valence-electron chi connectivity index (χ3n) is 3.24. The van der Waals surface area contributed by atoms with E-state index >= 15 is 0 Å². The van der Waals surface area contributed by atoms with Gasteiger partial charge in [0, 0.05) is 27.7 Å². The molecule has 3 rings (SSSR count). The maximum absolute atomic E-state index is 10.9. The second-order valence-corrected chi connectivity index (χ2v) is 5.73. The van der Waals surface area contributed by atoms with Crippen LogP contribution in [0.15, 0.2) is 59.1 Å². The number of nitrogens with zero attached hydrogens (tertiary/aromatic N) is 3. The van der Waals surface area contributed by atoms with Crippen molar-refractivity contribution in [2.24, 2.45) is 0 Å². The van der Waals surface area contributed by atoms with Crippen LogP contribution in [0.25, 0.3) is 22.5 Å². The summed E-state index contributed by atoms with van der Waals surface area (Å²) in [5.41, 5.74) is 8.50. The summed E-state index contributed by atoms with van der Waals surface area (Å²) in [6, 6.07) is 15.6. The van der Waals surface area contributed by atoms with Gasteiger partial charge in [-0.1, -0.05) is 40.2 Å². The normalized spacial score (nSPS) is 10.5. The molecule has 0 atom stereocenters. The molecule has 7 heteroatoms. The smallest absolute Gasteiger partial charge is 0.270 e. The van der Waals surface area contributed by atoms with Crippen molar-refractivity contribution in [2.75, 3.05) is 5.73 Å². The molecule has 0 amide bonds. The highest BCUT2D eigenvalue weighted by molar-refractivity contribution is 9.10. The van der Waals surface area contributed by atoms with Gasteiger partial charge in [-0.3, -0.25) is 10.1 Å². The van der Waals surface area contributed by atoms with Crippen LogP contribution in [0.2, 0.25) is 0 Å². The molecule has 1 aromatic heterocycles. The van der Waals surface area contributed by atoms with Gasteiger partial charge in [-0.05, 0) is 18.2 Å². The van der Waals surface area contributed by atoms with Gasteiger partial charge >= 0.3 is 0 Å². The average molecular weight is 371 g/mol. The molecule has 0 aliphatic heterocycles. The lowest BCUT2D eigenvalue weighted by molar-refractivity contribution is -0.384. The summed E-state index contributed by atoms with van der Waals surface area (Å²) < 4.78 is 0.960. The lowest BCUT2D eigenvalue weighted by Crippen LogP contribution is -1.99. The fourth-order valence-corrected chi connectivity index (χ4v) is 2.43. The first-order valence-corrected chi connectivity index (χ1v) is 7.47. The fourth-order valence-electron chi connectivity index (χ4n) is 2.16. The Balaban J connectivity index is 2.09. The minimum absolute atomic E-state index is 0.00451. The van der Waals surface area contributed by atoms with Gasteiger partial charge in [0.2, 0.25) is 5.95 Å². The summed E-state index contributed by atoms with van der Waals surface area (Å²) in [6.45, 7) is 0. The lowest BCUT2D eigenvalue weighted by Gasteiger charge is -2.06. The topological polar surface area (TPSA) is 94.9 Å². The van der Waals surface area contributed by atoms with Gasteiger partial charge in [0.25, 0.3) is 5.69 Å². The fraction of sp³-hybridized carbons (Fsp3) is 0. The third-order valence-corrected chi connectivity index (χ3v) is 3.76. The number of hydrogen-bond donors (Lipinski definition) is 1. The number of non-ortho nitro benzene ring substituents is 1. The van der Waals surface area contributed by atoms with Crippen molar-refractivity contribution in [3.63, 3.8) is 0 Å². The van der Waals surface area contributed by atoms with Crippen LogP contribution < -0.4 is 5.73 Å². The van der Waals surface area contributed by atoms with Gasteiger partial charge < -0.3 is 5.73 Å². The van der Waals surface area contributed by atoms with E-state index in [2.05, 4.69) is 25.9 Å². The number of nitrogens with two attached hydrogens (primary N) is 1. The number of hydrogen-bond acceptors (Lipinski definition) is 5. The van der Waals surface area contributed by atoms with Gasteiger partial charge in [-0.25, -0.2) is 9.97 Å². The van der Waals surface area contributed by atoms with Crippen LogP contribution >= 0.6 is 15.9 Å². The summed E-state index contributed by atoms with van der Waals surface area (Å²) in [7, 11) is 0. The maximum Gasteiger partial charge on any atom is 0.270 e. The molecule has 0 spiro atoms. The van der Waals surface area contributed by atoms with E-state index in [0.717, 1.165) is 10.0 Å². The average Bonchev–Trinajstić information content (AvgIpc) is 2.55. The first-order valence-electron chi connectivity index (χ1n) is 6.68. The Morgan fingerprint density at radius 2 is 1.61 bits per heavy atom. The Kier molecular flexibility index (Phi) is 4.03. The van der Waals surface area contributed by atoms with Crippen molar-refractivity contribution < 1.29 is 4.92 Å². The SMILES string of the molecule is Nc1nc(-c2ccc(Br)cc2)cc(-c2cccc([N+](=O)[O-])c2)n1. The Morgan fingerprint density at radius 1 is 0.957 bits per heavy atom. The van der Waals surface area contributed by atoms with Gasteiger partial charge in [0.15, 0.2) is 0 Å². The molecule has 0 bridgehead atoms. The zero-order chi connectivity index (χ0) is 16.4. The molecule has 1 heterocycles. The monoisotopic (exact) mass is 370 g/mol. The Hall–Kier alpha value is -2.80. The van der Waals surface area contributed by atoms with Crippen molar-refractivity contribution in [1.82, 2.24) is 9.97 Å². The van der Waals surface area contributed by atoms with E-state index in [0.29, 0.717) is 17.0 Å². The molecule has 6 nitrogen and oxygen atoms in total. The molecule has 114 valence electrons. The second kappa shape index (κ2) is 6.13. The van der Waals surface area contributed by atoms with E-state index in [1.54, 1.807) is 18.2 Å². The number of rotatable bonds is 3. The highest BCUT2D eigenvalue weighted by Gasteiger charge is 2.11. The maximum atomic E-state index is 10.9. The van der Waals surface area contributed by atoms with Crippen LogP contribution in [0.3, 0.4) is 0 Å². The molecule has 23 heavy (non-hydrogen) atoms. The van der Waals surface area contributed by atoms with Crippen molar-refractivity contribution >= 4 is 27.6 Å². The number of nitro benzene ring substituents is 1. The van der Waals surface area contributed by atoms with Gasteiger partial charge in [0.1, 0.15) is 0 Å². The third kappa shape index (κ3) is 3.35. The second-order valence-electron chi connectivity index (χ2n) is 4.81. The Labute approximate surface area is 140 Å². The highest BCUT2D eigenvalue weighted by Crippen LogP contribution is 2.27. The Morgan fingerprint density at radius 3 is 2.26 bits per heavy atom. The van der Waals surface area contributed by atoms with Crippen molar-refractivity contribution in [2.45, 2.75) is 0 Å². The van der Waals surface area contributed by atoms with Crippen LogP contribution in [0.1, 0.15) is 0 Å². The molecule has 0 aliphatic carbocycles. The highest BCUT2D eigenvalue weighted by atomic mass is 79.9. The van der Waals surface area contributed by atoms with E-state index < -0.39 is 4.92 Å². The van der Waals surface area contributed by atoms with Crippen molar-refractivity contribution in [1.29, 1.82) is 0 Å². The molecule has 3 aromatic rings. The van der Waals surface area contributed by atoms with Gasteiger partial charge in [-0.15, -0.1) is 0 Å². The summed E-state index contributed by atoms with van der Waals surface area (Å²) in [5, 5.41) is 10.9. The molecular formula is C16H11BrN4O2. The van der Waals surface area contributed by atoms with Crippen LogP contribution in [-0.2, 0) is 0 Å². The number of anilines is 1. The first-order chi connectivity index (χ1) is 11.0. The van der Waals surface area contributed by atoms with E-state index in [1.807, 2.05) is 24.3 Å². The number of halogens is 1. The minimum Gasteiger partial charge on any atom is -0.368 e. The van der Waals surface area contributed by atoms with Gasteiger partial charge in [0.05, 0.1) is 16.3 Å². The predicted molar refractivity (Wildman–Crippen MR) is 91.7 cm³/mol. The van der Waals surface area contributed by atoms with E-state index in [4.69, 9.17) is 5.73 Å². The largest absolute Gasteiger partial charge is 0.368 e. The number of nitrogen functional groups attached to an aromatic ring is 1. The zero-order valence-electron chi connectivity index (χ0n) is 11.8. The molecule has 0 radical (unpaired) electrons. The molecular weight excluding hydrogens is 360 g/mol. The van der Waals surface area contributed by atoms with E-state index in [1.165, 1.54) is 12.1 Å². The van der Waals surface area contributed by atoms with Crippen LogP contribution in [0, 0.1) is 10.1 Å². The van der Waals surface area contributed by atoms with E-state index in [9.17, 15) is 10.1 Å². The zero-order valence-corrected chi connectivity index (χ0v) is 13.4. The minimum atomic E-state index is -0.441. The number of nitro groups is 1. The van der Waals surface area contributed by atoms with Crippen LogP contribution in [0.5, 0.6) is 0 Å². The number of aromatic nitrogens is 2. The summed E-state index contributed by atoms with van der Waals surface area (Å²) in [5.74, 6) is 0.118. The summed E-state index contributed by atoms with van der Waals surface area (Å²) >= 11 is 3.38. The van der Waals surface area contributed by atoms with Gasteiger partial charge in [-0.2, -0.15) is 0 Å². The summed E-state index contributed by atoms with van der Waals surface area (Å²) in [4.78, 5) is 18.9. The molecule has 2 aromatic carbocycles. The van der Waals surface area contributed by atoms with Crippen molar-refractivity contribution in [3.8, 4) is 22.5 Å².